The highest BCUT2D eigenvalue weighted by Crippen LogP contribution is 2.27. The highest BCUT2D eigenvalue weighted by Gasteiger charge is 2.15. The molecule has 2 aromatic carbocycles. The summed E-state index contributed by atoms with van der Waals surface area (Å²) in [7, 11) is 1.52. The van der Waals surface area contributed by atoms with E-state index in [0.29, 0.717) is 23.7 Å². The molecule has 2 rings (SSSR count). The van der Waals surface area contributed by atoms with Crippen LogP contribution in [0.1, 0.15) is 36.7 Å². The Kier molecular flexibility index (Phi) is 6.87. The van der Waals surface area contributed by atoms with Gasteiger partial charge >= 0.3 is 5.97 Å². The van der Waals surface area contributed by atoms with Gasteiger partial charge in [-0.15, -0.1) is 0 Å². The molecular formula is C21H26N2O5. The molecule has 0 saturated heterocycles. The molecule has 0 aliphatic heterocycles. The monoisotopic (exact) mass is 386 g/mol. The first kappa shape index (κ1) is 21.1. The third kappa shape index (κ3) is 6.19. The predicted octanol–water partition coefficient (Wildman–Crippen LogP) is 3.30. The number of carboxylic acid groups (broad SMARTS) is 1. The van der Waals surface area contributed by atoms with Gasteiger partial charge in [-0.1, -0.05) is 18.2 Å². The summed E-state index contributed by atoms with van der Waals surface area (Å²) in [5, 5.41) is 15.2. The standard InChI is InChI=1S/C21H26N2O5/c1-21(2,3)23-19(24)13-28-17-8-6-5-7-15(17)12-22-16-11-14(20(25)26)9-10-18(16)27-4/h5-11,22H,12-13H2,1-4H3,(H,23,24)(H,25,26). The highest BCUT2D eigenvalue weighted by atomic mass is 16.5. The minimum absolute atomic E-state index is 0.0912. The van der Waals surface area contributed by atoms with Gasteiger partial charge in [-0.25, -0.2) is 4.79 Å². The van der Waals surface area contributed by atoms with Gasteiger partial charge in [0.2, 0.25) is 0 Å². The lowest BCUT2D eigenvalue weighted by Gasteiger charge is -2.21. The van der Waals surface area contributed by atoms with Crippen molar-refractivity contribution in [1.82, 2.24) is 5.32 Å². The molecule has 0 fully saturated rings. The minimum atomic E-state index is -1.01. The first-order valence-corrected chi connectivity index (χ1v) is 8.86. The molecule has 0 radical (unpaired) electrons. The Balaban J connectivity index is 2.09. The maximum absolute atomic E-state index is 12.0. The number of aromatic carboxylic acids is 1. The number of methoxy groups -OCH3 is 1. The molecule has 0 saturated carbocycles. The number of carbonyl (C=O) groups excluding carboxylic acids is 1. The van der Waals surface area contributed by atoms with Crippen molar-refractivity contribution >= 4 is 17.6 Å². The van der Waals surface area contributed by atoms with Crippen molar-refractivity contribution in [2.45, 2.75) is 32.9 Å². The molecule has 150 valence electrons. The van der Waals surface area contributed by atoms with E-state index in [1.54, 1.807) is 12.1 Å². The average molecular weight is 386 g/mol. The first-order valence-electron chi connectivity index (χ1n) is 8.86. The van der Waals surface area contributed by atoms with E-state index in [9.17, 15) is 14.7 Å². The lowest BCUT2D eigenvalue weighted by Crippen LogP contribution is -2.43. The number of carboxylic acids is 1. The number of rotatable bonds is 8. The summed E-state index contributed by atoms with van der Waals surface area (Å²) in [6.45, 7) is 5.99. The first-order chi connectivity index (χ1) is 13.2. The van der Waals surface area contributed by atoms with Crippen molar-refractivity contribution in [3.8, 4) is 11.5 Å². The van der Waals surface area contributed by atoms with E-state index in [0.717, 1.165) is 5.56 Å². The normalized spacial score (nSPS) is 10.9. The summed E-state index contributed by atoms with van der Waals surface area (Å²) in [6.07, 6.45) is 0. The average Bonchev–Trinajstić information content (AvgIpc) is 2.63. The SMILES string of the molecule is COc1ccc(C(=O)O)cc1NCc1ccccc1OCC(=O)NC(C)(C)C. The van der Waals surface area contributed by atoms with Gasteiger partial charge in [-0.05, 0) is 45.0 Å². The number of benzene rings is 2. The molecule has 28 heavy (non-hydrogen) atoms. The van der Waals surface area contributed by atoms with Crippen molar-refractivity contribution in [3.05, 3.63) is 53.6 Å². The van der Waals surface area contributed by atoms with Crippen molar-refractivity contribution in [2.75, 3.05) is 19.0 Å². The molecule has 0 aliphatic rings. The van der Waals surface area contributed by atoms with Crippen LogP contribution in [0, 0.1) is 0 Å². The molecule has 0 heterocycles. The molecule has 2 aromatic rings. The van der Waals surface area contributed by atoms with Crippen molar-refractivity contribution < 1.29 is 24.2 Å². The van der Waals surface area contributed by atoms with Crippen LogP contribution < -0.4 is 20.1 Å². The van der Waals surface area contributed by atoms with Crippen LogP contribution in [0.25, 0.3) is 0 Å². The second-order valence-corrected chi connectivity index (χ2v) is 7.27. The van der Waals surface area contributed by atoms with Crippen LogP contribution in [0.15, 0.2) is 42.5 Å². The molecular weight excluding hydrogens is 360 g/mol. The lowest BCUT2D eigenvalue weighted by molar-refractivity contribution is -0.124. The van der Waals surface area contributed by atoms with E-state index < -0.39 is 5.97 Å². The van der Waals surface area contributed by atoms with Crippen LogP contribution >= 0.6 is 0 Å². The zero-order chi connectivity index (χ0) is 20.7. The number of amides is 1. The molecule has 1 amide bonds. The topological polar surface area (TPSA) is 96.9 Å². The molecule has 0 bridgehead atoms. The number of hydrogen-bond acceptors (Lipinski definition) is 5. The van der Waals surface area contributed by atoms with E-state index in [4.69, 9.17) is 9.47 Å². The summed E-state index contributed by atoms with van der Waals surface area (Å²) in [6, 6.07) is 11.9. The Labute approximate surface area is 164 Å². The number of anilines is 1. The predicted molar refractivity (Wildman–Crippen MR) is 107 cm³/mol. The van der Waals surface area contributed by atoms with Gasteiger partial charge in [0.1, 0.15) is 11.5 Å². The summed E-state index contributed by atoms with van der Waals surface area (Å²) >= 11 is 0. The van der Waals surface area contributed by atoms with Crippen molar-refractivity contribution in [2.24, 2.45) is 0 Å². The van der Waals surface area contributed by atoms with Gasteiger partial charge in [0.05, 0.1) is 18.4 Å². The summed E-state index contributed by atoms with van der Waals surface area (Å²) in [5.74, 6) is -0.106. The van der Waals surface area contributed by atoms with Crippen LogP contribution in [0.5, 0.6) is 11.5 Å². The molecule has 7 nitrogen and oxygen atoms in total. The van der Waals surface area contributed by atoms with Crippen molar-refractivity contribution in [3.63, 3.8) is 0 Å². The summed E-state index contributed by atoms with van der Waals surface area (Å²) < 4.78 is 11.0. The second-order valence-electron chi connectivity index (χ2n) is 7.27. The Morgan fingerprint density at radius 2 is 1.79 bits per heavy atom. The highest BCUT2D eigenvalue weighted by molar-refractivity contribution is 5.89. The number of ether oxygens (including phenoxy) is 2. The molecule has 0 spiro atoms. The number of hydrogen-bond donors (Lipinski definition) is 3. The third-order valence-electron chi connectivity index (χ3n) is 3.76. The quantitative estimate of drug-likeness (QED) is 0.644. The fourth-order valence-corrected chi connectivity index (χ4v) is 2.56. The number of nitrogens with one attached hydrogen (secondary N) is 2. The van der Waals surface area contributed by atoms with E-state index in [1.807, 2.05) is 39.0 Å². The largest absolute Gasteiger partial charge is 0.495 e. The van der Waals surface area contributed by atoms with Gasteiger partial charge in [-0.3, -0.25) is 4.79 Å². The maximum atomic E-state index is 12.0. The second kappa shape index (κ2) is 9.12. The minimum Gasteiger partial charge on any atom is -0.495 e. The van der Waals surface area contributed by atoms with Gasteiger partial charge in [-0.2, -0.15) is 0 Å². The fraction of sp³-hybridized carbons (Fsp3) is 0.333. The molecule has 0 aliphatic carbocycles. The smallest absolute Gasteiger partial charge is 0.335 e. The fourth-order valence-electron chi connectivity index (χ4n) is 2.56. The van der Waals surface area contributed by atoms with E-state index in [1.165, 1.54) is 19.2 Å². The Hall–Kier alpha value is -3.22. The van der Waals surface area contributed by atoms with Crippen LogP contribution in [0.2, 0.25) is 0 Å². The van der Waals surface area contributed by atoms with E-state index in [2.05, 4.69) is 10.6 Å². The summed E-state index contributed by atoms with van der Waals surface area (Å²) in [4.78, 5) is 23.2. The number of para-hydroxylation sites is 1. The Morgan fingerprint density at radius 3 is 2.43 bits per heavy atom. The zero-order valence-corrected chi connectivity index (χ0v) is 16.5. The van der Waals surface area contributed by atoms with E-state index >= 15 is 0 Å². The van der Waals surface area contributed by atoms with Gasteiger partial charge in [0, 0.05) is 17.6 Å². The Morgan fingerprint density at radius 1 is 1.07 bits per heavy atom. The van der Waals surface area contributed by atoms with Crippen LogP contribution in [-0.2, 0) is 11.3 Å². The third-order valence-corrected chi connectivity index (χ3v) is 3.76. The molecule has 0 atom stereocenters. The van der Waals surface area contributed by atoms with Crippen LogP contribution in [-0.4, -0.2) is 36.2 Å². The van der Waals surface area contributed by atoms with Gasteiger partial charge in [0.25, 0.3) is 5.91 Å². The van der Waals surface area contributed by atoms with Gasteiger partial charge in [0.15, 0.2) is 6.61 Å². The molecule has 7 heteroatoms. The zero-order valence-electron chi connectivity index (χ0n) is 16.5. The number of carbonyl (C=O) groups is 2. The van der Waals surface area contributed by atoms with Crippen LogP contribution in [0.4, 0.5) is 5.69 Å². The van der Waals surface area contributed by atoms with Crippen LogP contribution in [0.3, 0.4) is 0 Å². The molecule has 3 N–H and O–H groups in total. The Bertz CT molecular complexity index is 843. The maximum Gasteiger partial charge on any atom is 0.335 e. The van der Waals surface area contributed by atoms with Gasteiger partial charge < -0.3 is 25.2 Å². The molecule has 0 aromatic heterocycles. The lowest BCUT2D eigenvalue weighted by atomic mass is 10.1. The summed E-state index contributed by atoms with van der Waals surface area (Å²) in [5.41, 5.74) is 1.22. The molecule has 0 unspecified atom stereocenters. The van der Waals surface area contributed by atoms with E-state index in [-0.39, 0.29) is 23.6 Å². The van der Waals surface area contributed by atoms with Crippen molar-refractivity contribution in [1.29, 1.82) is 0 Å².